The summed E-state index contributed by atoms with van der Waals surface area (Å²) < 4.78 is 0. The zero-order valence-electron chi connectivity index (χ0n) is 13.2. The van der Waals surface area contributed by atoms with Gasteiger partial charge in [-0.05, 0) is 56.7 Å². The van der Waals surface area contributed by atoms with Gasteiger partial charge in [-0.15, -0.1) is 11.8 Å². The highest BCUT2D eigenvalue weighted by Crippen LogP contribution is 2.22. The van der Waals surface area contributed by atoms with Crippen molar-refractivity contribution >= 4 is 17.7 Å². The van der Waals surface area contributed by atoms with Crippen LogP contribution in [0.15, 0.2) is 29.2 Å². The predicted octanol–water partition coefficient (Wildman–Crippen LogP) is 3.36. The standard InChI is InChI=1S/C17H26N2OS/c1-4-21-16-7-5-14(6-8-16)13(3)19-17(20)15-9-10-18-12(2)11-15/h5-8,12-13,15,18H,4,9-11H2,1-3H3,(H,19,20)/t12-,13?,15-/m0/s1. The fourth-order valence-corrected chi connectivity index (χ4v) is 3.47. The molecule has 2 rings (SSSR count). The van der Waals surface area contributed by atoms with Crippen molar-refractivity contribution in [1.29, 1.82) is 0 Å². The minimum atomic E-state index is 0.0726. The zero-order chi connectivity index (χ0) is 15.2. The molecule has 1 heterocycles. The van der Waals surface area contributed by atoms with Gasteiger partial charge in [0.05, 0.1) is 6.04 Å². The first-order valence-corrected chi connectivity index (χ1v) is 8.85. The second kappa shape index (κ2) is 7.85. The highest BCUT2D eigenvalue weighted by molar-refractivity contribution is 7.99. The lowest BCUT2D eigenvalue weighted by atomic mass is 9.92. The van der Waals surface area contributed by atoms with E-state index in [-0.39, 0.29) is 17.9 Å². The van der Waals surface area contributed by atoms with Crippen LogP contribution in [0, 0.1) is 5.92 Å². The van der Waals surface area contributed by atoms with Gasteiger partial charge in [-0.25, -0.2) is 0 Å². The first-order chi connectivity index (χ1) is 10.1. The third kappa shape index (κ3) is 4.75. The quantitative estimate of drug-likeness (QED) is 0.820. The van der Waals surface area contributed by atoms with E-state index in [1.54, 1.807) is 0 Å². The largest absolute Gasteiger partial charge is 0.349 e. The van der Waals surface area contributed by atoms with E-state index >= 15 is 0 Å². The van der Waals surface area contributed by atoms with Crippen LogP contribution in [0.4, 0.5) is 0 Å². The van der Waals surface area contributed by atoms with Crippen molar-refractivity contribution in [1.82, 2.24) is 10.6 Å². The van der Waals surface area contributed by atoms with Gasteiger partial charge in [-0.3, -0.25) is 4.79 Å². The average Bonchev–Trinajstić information content (AvgIpc) is 2.48. The summed E-state index contributed by atoms with van der Waals surface area (Å²) in [5.41, 5.74) is 1.17. The molecule has 21 heavy (non-hydrogen) atoms. The Morgan fingerprint density at radius 3 is 2.76 bits per heavy atom. The number of amides is 1. The summed E-state index contributed by atoms with van der Waals surface area (Å²) in [4.78, 5) is 13.6. The van der Waals surface area contributed by atoms with Crippen LogP contribution < -0.4 is 10.6 Å². The second-order valence-corrected chi connectivity index (χ2v) is 7.15. The van der Waals surface area contributed by atoms with E-state index in [2.05, 4.69) is 55.7 Å². The predicted molar refractivity (Wildman–Crippen MR) is 89.6 cm³/mol. The first-order valence-electron chi connectivity index (χ1n) is 7.86. The van der Waals surface area contributed by atoms with Crippen LogP contribution in [-0.2, 0) is 4.79 Å². The van der Waals surface area contributed by atoms with E-state index in [1.807, 2.05) is 11.8 Å². The van der Waals surface area contributed by atoms with Gasteiger partial charge in [-0.1, -0.05) is 19.1 Å². The number of carbonyl (C=O) groups is 1. The number of piperidine rings is 1. The van der Waals surface area contributed by atoms with E-state index in [0.717, 1.165) is 25.1 Å². The molecule has 0 aliphatic carbocycles. The molecule has 1 aromatic carbocycles. The van der Waals surface area contributed by atoms with E-state index in [1.165, 1.54) is 10.5 Å². The fourth-order valence-electron chi connectivity index (χ4n) is 2.80. The SMILES string of the molecule is CCSc1ccc(C(C)NC(=O)[C@H]2CCN[C@@H](C)C2)cc1. The number of rotatable bonds is 5. The van der Waals surface area contributed by atoms with Crippen LogP contribution in [0.5, 0.6) is 0 Å². The molecule has 1 aromatic rings. The van der Waals surface area contributed by atoms with Gasteiger partial charge in [0.2, 0.25) is 5.91 Å². The van der Waals surface area contributed by atoms with Gasteiger partial charge in [-0.2, -0.15) is 0 Å². The number of nitrogens with one attached hydrogen (secondary N) is 2. The molecular weight excluding hydrogens is 280 g/mol. The van der Waals surface area contributed by atoms with Gasteiger partial charge < -0.3 is 10.6 Å². The van der Waals surface area contributed by atoms with Gasteiger partial charge in [0.15, 0.2) is 0 Å². The van der Waals surface area contributed by atoms with Gasteiger partial charge in [0, 0.05) is 16.9 Å². The molecule has 1 aliphatic heterocycles. The van der Waals surface area contributed by atoms with Crippen molar-refractivity contribution in [2.24, 2.45) is 5.92 Å². The van der Waals surface area contributed by atoms with Gasteiger partial charge in [0.1, 0.15) is 0 Å². The van der Waals surface area contributed by atoms with E-state index < -0.39 is 0 Å². The molecule has 1 saturated heterocycles. The number of benzene rings is 1. The summed E-state index contributed by atoms with van der Waals surface area (Å²) in [6, 6.07) is 9.03. The number of hydrogen-bond acceptors (Lipinski definition) is 3. The Balaban J connectivity index is 1.90. The lowest BCUT2D eigenvalue weighted by Crippen LogP contribution is -2.42. The van der Waals surface area contributed by atoms with Crippen LogP contribution in [-0.4, -0.2) is 24.2 Å². The molecule has 1 aliphatic rings. The summed E-state index contributed by atoms with van der Waals surface area (Å²) in [6.07, 6.45) is 1.87. The van der Waals surface area contributed by atoms with Gasteiger partial charge in [0.25, 0.3) is 0 Å². The molecule has 3 nitrogen and oxygen atoms in total. The van der Waals surface area contributed by atoms with Crippen LogP contribution in [0.2, 0.25) is 0 Å². The minimum absolute atomic E-state index is 0.0726. The number of thioether (sulfide) groups is 1. The third-order valence-electron chi connectivity index (χ3n) is 4.04. The Bertz CT molecular complexity index is 460. The Hall–Kier alpha value is -1.00. The molecule has 4 heteroatoms. The highest BCUT2D eigenvalue weighted by Gasteiger charge is 2.25. The molecule has 3 atom stereocenters. The normalized spacial score (nSPS) is 23.6. The van der Waals surface area contributed by atoms with E-state index in [0.29, 0.717) is 6.04 Å². The van der Waals surface area contributed by atoms with Crippen LogP contribution in [0.1, 0.15) is 45.2 Å². The average molecular weight is 306 g/mol. The van der Waals surface area contributed by atoms with Crippen LogP contribution >= 0.6 is 11.8 Å². The maximum absolute atomic E-state index is 12.4. The van der Waals surface area contributed by atoms with Crippen molar-refractivity contribution in [3.05, 3.63) is 29.8 Å². The van der Waals surface area contributed by atoms with Crippen molar-refractivity contribution in [3.63, 3.8) is 0 Å². The van der Waals surface area contributed by atoms with Gasteiger partial charge >= 0.3 is 0 Å². The van der Waals surface area contributed by atoms with Crippen molar-refractivity contribution in [3.8, 4) is 0 Å². The topological polar surface area (TPSA) is 41.1 Å². The second-order valence-electron chi connectivity index (χ2n) is 5.81. The molecular formula is C17H26N2OS. The summed E-state index contributed by atoms with van der Waals surface area (Å²) in [7, 11) is 0. The summed E-state index contributed by atoms with van der Waals surface area (Å²) in [6.45, 7) is 7.30. The first kappa shape index (κ1) is 16.4. The summed E-state index contributed by atoms with van der Waals surface area (Å²) in [5, 5.41) is 6.55. The van der Waals surface area contributed by atoms with Crippen molar-refractivity contribution in [2.75, 3.05) is 12.3 Å². The monoisotopic (exact) mass is 306 g/mol. The molecule has 1 fully saturated rings. The molecule has 0 radical (unpaired) electrons. The van der Waals surface area contributed by atoms with E-state index in [4.69, 9.17) is 0 Å². The summed E-state index contributed by atoms with van der Waals surface area (Å²) >= 11 is 1.84. The Labute approximate surface area is 132 Å². The lowest BCUT2D eigenvalue weighted by molar-refractivity contribution is -0.126. The minimum Gasteiger partial charge on any atom is -0.349 e. The number of carbonyl (C=O) groups excluding carboxylic acids is 1. The fraction of sp³-hybridized carbons (Fsp3) is 0.588. The van der Waals surface area contributed by atoms with Crippen LogP contribution in [0.25, 0.3) is 0 Å². The molecule has 0 spiro atoms. The molecule has 1 unspecified atom stereocenters. The lowest BCUT2D eigenvalue weighted by Gasteiger charge is -2.28. The maximum atomic E-state index is 12.4. The van der Waals surface area contributed by atoms with Crippen LogP contribution in [0.3, 0.4) is 0 Å². The smallest absolute Gasteiger partial charge is 0.223 e. The zero-order valence-corrected chi connectivity index (χ0v) is 14.0. The molecule has 116 valence electrons. The highest BCUT2D eigenvalue weighted by atomic mass is 32.2. The molecule has 1 amide bonds. The van der Waals surface area contributed by atoms with Crippen molar-refractivity contribution in [2.45, 2.75) is 50.6 Å². The van der Waals surface area contributed by atoms with Crippen molar-refractivity contribution < 1.29 is 4.79 Å². The molecule has 0 aromatic heterocycles. The molecule has 2 N–H and O–H groups in total. The third-order valence-corrected chi connectivity index (χ3v) is 4.94. The Morgan fingerprint density at radius 1 is 1.43 bits per heavy atom. The molecule has 0 saturated carbocycles. The summed E-state index contributed by atoms with van der Waals surface area (Å²) in [5.74, 6) is 1.43. The molecule has 0 bridgehead atoms. The number of hydrogen-bond donors (Lipinski definition) is 2. The van der Waals surface area contributed by atoms with E-state index in [9.17, 15) is 4.79 Å². The maximum Gasteiger partial charge on any atom is 0.223 e. The Morgan fingerprint density at radius 2 is 2.14 bits per heavy atom. The Kier molecular flexibility index (Phi) is 6.12.